The molecule has 4 N–H and O–H groups in total. The van der Waals surface area contributed by atoms with E-state index in [1.54, 1.807) is 0 Å². The molecule has 0 unspecified atom stereocenters. The van der Waals surface area contributed by atoms with Crippen LogP contribution in [-0.2, 0) is 0 Å². The maximum atomic E-state index is 5.56. The minimum Gasteiger partial charge on any atom is -0.359 e. The quantitative estimate of drug-likeness (QED) is 0.539. The van der Waals surface area contributed by atoms with E-state index in [1.807, 2.05) is 18.2 Å². The third kappa shape index (κ3) is 3.99. The van der Waals surface area contributed by atoms with Crippen LogP contribution < -0.4 is 21.3 Å². The van der Waals surface area contributed by atoms with Crippen LogP contribution in [0.25, 0.3) is 0 Å². The fraction of sp³-hybridized carbons (Fsp3) is 0.636. The van der Waals surface area contributed by atoms with Crippen LogP contribution in [0.3, 0.4) is 0 Å². The lowest BCUT2D eigenvalue weighted by molar-refractivity contribution is 0.392. The first kappa shape index (κ1) is 18.6. The van der Waals surface area contributed by atoms with Crippen LogP contribution in [0.2, 0.25) is 0 Å². The molecule has 0 heterocycles. The van der Waals surface area contributed by atoms with Crippen molar-refractivity contribution in [3.05, 3.63) is 24.3 Å². The van der Waals surface area contributed by atoms with Gasteiger partial charge in [-0.1, -0.05) is 18.9 Å². The molecule has 150 valence electrons. The van der Waals surface area contributed by atoms with Gasteiger partial charge in [0.1, 0.15) is 0 Å². The maximum absolute atomic E-state index is 5.56. The molecule has 4 bridgehead atoms. The Morgan fingerprint density at radius 1 is 0.714 bits per heavy atom. The fourth-order valence-corrected chi connectivity index (χ4v) is 6.73. The van der Waals surface area contributed by atoms with Crippen LogP contribution in [0.1, 0.15) is 51.4 Å². The molecule has 4 aliphatic carbocycles. The van der Waals surface area contributed by atoms with Gasteiger partial charge in [0.05, 0.1) is 0 Å². The highest BCUT2D eigenvalue weighted by Gasteiger charge is 2.40. The molecule has 1 aromatic rings. The monoisotopic (exact) mass is 414 g/mol. The topological polar surface area (TPSA) is 48.1 Å². The highest BCUT2D eigenvalue weighted by Crippen LogP contribution is 2.45. The lowest BCUT2D eigenvalue weighted by atomic mass is 9.95. The molecule has 0 aromatic heterocycles. The Morgan fingerprint density at radius 3 is 1.61 bits per heavy atom. The number of hydrogen-bond donors (Lipinski definition) is 4. The average molecular weight is 415 g/mol. The van der Waals surface area contributed by atoms with E-state index in [2.05, 4.69) is 27.3 Å². The minimum absolute atomic E-state index is 0.554. The van der Waals surface area contributed by atoms with E-state index in [1.165, 1.54) is 51.4 Å². The van der Waals surface area contributed by atoms with Gasteiger partial charge in [-0.05, 0) is 105 Å². The zero-order valence-corrected chi connectivity index (χ0v) is 17.9. The predicted molar refractivity (Wildman–Crippen MR) is 124 cm³/mol. The summed E-state index contributed by atoms with van der Waals surface area (Å²) in [6.07, 6.45) is 10.8. The standard InChI is InChI=1S/C22H30N4S2/c27-21(25-19-10-13-4-6-15(19)8-13)23-17-2-1-3-18(12-17)24-22(28)26-20-11-14-5-7-16(20)9-14/h1-3,12-16,19-20H,4-11H2,(H2,23,25,27)(H2,24,26,28)/t13-,14+,15-,16-,19-,20-/m1/s1. The Kier molecular flexibility index (Phi) is 5.18. The second-order valence-corrected chi connectivity index (χ2v) is 10.2. The molecule has 0 amide bonds. The number of hydrogen-bond acceptors (Lipinski definition) is 2. The fourth-order valence-electron chi connectivity index (χ4n) is 6.19. The van der Waals surface area contributed by atoms with Gasteiger partial charge in [-0.2, -0.15) is 0 Å². The van der Waals surface area contributed by atoms with Crippen molar-refractivity contribution >= 4 is 46.0 Å². The van der Waals surface area contributed by atoms with Gasteiger partial charge in [-0.15, -0.1) is 0 Å². The molecule has 5 rings (SSSR count). The Morgan fingerprint density at radius 2 is 1.21 bits per heavy atom. The lowest BCUT2D eigenvalue weighted by Crippen LogP contribution is -2.41. The van der Waals surface area contributed by atoms with Crippen LogP contribution in [0, 0.1) is 23.7 Å². The van der Waals surface area contributed by atoms with E-state index in [-0.39, 0.29) is 0 Å². The molecule has 4 fully saturated rings. The number of anilines is 2. The summed E-state index contributed by atoms with van der Waals surface area (Å²) in [5.74, 6) is 3.46. The normalized spacial score (nSPS) is 35.0. The van der Waals surface area contributed by atoms with Gasteiger partial charge in [0, 0.05) is 23.5 Å². The number of thiocarbonyl (C=S) groups is 2. The summed E-state index contributed by atoms with van der Waals surface area (Å²) < 4.78 is 0. The zero-order valence-electron chi connectivity index (χ0n) is 16.2. The summed E-state index contributed by atoms with van der Waals surface area (Å²) in [5, 5.41) is 15.3. The van der Waals surface area contributed by atoms with E-state index < -0.39 is 0 Å². The summed E-state index contributed by atoms with van der Waals surface area (Å²) >= 11 is 11.1. The highest BCUT2D eigenvalue weighted by atomic mass is 32.1. The van der Waals surface area contributed by atoms with E-state index >= 15 is 0 Å². The maximum Gasteiger partial charge on any atom is 0.171 e. The summed E-state index contributed by atoms with van der Waals surface area (Å²) in [7, 11) is 0. The van der Waals surface area contributed by atoms with Crippen LogP contribution in [-0.4, -0.2) is 22.3 Å². The van der Waals surface area contributed by atoms with Gasteiger partial charge in [0.15, 0.2) is 10.2 Å². The van der Waals surface area contributed by atoms with E-state index in [9.17, 15) is 0 Å². The van der Waals surface area contributed by atoms with Crippen molar-refractivity contribution in [1.82, 2.24) is 10.6 Å². The molecule has 1 aromatic carbocycles. The van der Waals surface area contributed by atoms with Gasteiger partial charge in [0.25, 0.3) is 0 Å². The number of rotatable bonds is 4. The van der Waals surface area contributed by atoms with E-state index in [0.717, 1.165) is 45.3 Å². The van der Waals surface area contributed by atoms with Crippen molar-refractivity contribution < 1.29 is 0 Å². The Hall–Kier alpha value is -1.40. The first-order valence-electron chi connectivity index (χ1n) is 10.9. The van der Waals surface area contributed by atoms with Crippen molar-refractivity contribution in [1.29, 1.82) is 0 Å². The molecular weight excluding hydrogens is 384 g/mol. The van der Waals surface area contributed by atoms with Crippen LogP contribution in [0.5, 0.6) is 0 Å². The molecule has 6 atom stereocenters. The Labute approximate surface area is 178 Å². The third-order valence-corrected chi connectivity index (χ3v) is 7.93. The van der Waals surface area contributed by atoms with Crippen LogP contribution in [0.15, 0.2) is 24.3 Å². The lowest BCUT2D eigenvalue weighted by Gasteiger charge is -2.25. The largest absolute Gasteiger partial charge is 0.359 e. The predicted octanol–water partition coefficient (Wildman–Crippen LogP) is 4.64. The SMILES string of the molecule is S=C(Nc1cccc(NC(=S)N[C@@H]2C[C@H]3CC[C@@H]2C3)c1)N[C@@H]1C[C@@H]2CC[C@@H]1C2. The second kappa shape index (κ2) is 7.79. The summed E-state index contributed by atoms with van der Waals surface area (Å²) in [4.78, 5) is 0. The molecule has 4 saturated carbocycles. The van der Waals surface area contributed by atoms with Crippen molar-refractivity contribution in [2.75, 3.05) is 10.6 Å². The van der Waals surface area contributed by atoms with Crippen LogP contribution >= 0.6 is 24.4 Å². The van der Waals surface area contributed by atoms with Crippen LogP contribution in [0.4, 0.5) is 11.4 Å². The molecule has 4 aliphatic rings. The first-order valence-corrected chi connectivity index (χ1v) is 11.7. The third-order valence-electron chi connectivity index (χ3n) is 7.49. The molecule has 0 saturated heterocycles. The summed E-state index contributed by atoms with van der Waals surface area (Å²) in [6, 6.07) is 9.31. The zero-order chi connectivity index (χ0) is 19.1. The number of nitrogens with one attached hydrogen (secondary N) is 4. The highest BCUT2D eigenvalue weighted by molar-refractivity contribution is 7.80. The van der Waals surface area contributed by atoms with Crippen molar-refractivity contribution in [3.63, 3.8) is 0 Å². The second-order valence-electron chi connectivity index (χ2n) is 9.34. The van der Waals surface area contributed by atoms with Crippen molar-refractivity contribution in [2.24, 2.45) is 23.7 Å². The molecule has 0 aliphatic heterocycles. The van der Waals surface area contributed by atoms with Crippen molar-refractivity contribution in [2.45, 2.75) is 63.5 Å². The molecule has 6 heteroatoms. The summed E-state index contributed by atoms with van der Waals surface area (Å²) in [5.41, 5.74) is 1.99. The van der Waals surface area contributed by atoms with Gasteiger partial charge >= 0.3 is 0 Å². The van der Waals surface area contributed by atoms with Crippen molar-refractivity contribution in [3.8, 4) is 0 Å². The first-order chi connectivity index (χ1) is 13.6. The smallest absolute Gasteiger partial charge is 0.171 e. The average Bonchev–Trinajstić information content (AvgIpc) is 3.43. The van der Waals surface area contributed by atoms with Gasteiger partial charge in [-0.3, -0.25) is 0 Å². The van der Waals surface area contributed by atoms with Gasteiger partial charge in [0.2, 0.25) is 0 Å². The summed E-state index contributed by atoms with van der Waals surface area (Å²) in [6.45, 7) is 0. The van der Waals surface area contributed by atoms with E-state index in [4.69, 9.17) is 24.4 Å². The molecule has 4 nitrogen and oxygen atoms in total. The number of fused-ring (bicyclic) bond motifs is 4. The Bertz CT molecular complexity index is 707. The molecule has 0 radical (unpaired) electrons. The number of benzene rings is 1. The van der Waals surface area contributed by atoms with Gasteiger partial charge in [-0.25, -0.2) is 0 Å². The van der Waals surface area contributed by atoms with Gasteiger partial charge < -0.3 is 21.3 Å². The molecule has 28 heavy (non-hydrogen) atoms. The molecule has 0 spiro atoms. The minimum atomic E-state index is 0.554. The Balaban J connectivity index is 1.12. The molecular formula is C22H30N4S2. The van der Waals surface area contributed by atoms with E-state index in [0.29, 0.717) is 12.1 Å².